The number of benzene rings is 1. The molecular weight excluding hydrogens is 362 g/mol. The molecule has 0 bridgehead atoms. The smallest absolute Gasteiger partial charge is 0.313 e. The summed E-state index contributed by atoms with van der Waals surface area (Å²) in [5.74, 6) is -0.664. The second-order valence-corrected chi connectivity index (χ2v) is 7.80. The molecular formula is C25H41NO3. The molecule has 0 spiro atoms. The first-order valence-corrected chi connectivity index (χ1v) is 11.7. The van der Waals surface area contributed by atoms with Gasteiger partial charge in [-0.25, -0.2) is 0 Å². The van der Waals surface area contributed by atoms with Crippen molar-refractivity contribution in [2.75, 3.05) is 18.5 Å². The van der Waals surface area contributed by atoms with Crippen molar-refractivity contribution in [1.29, 1.82) is 0 Å². The van der Waals surface area contributed by atoms with Crippen molar-refractivity contribution in [3.8, 4) is 0 Å². The molecule has 0 saturated carbocycles. The molecule has 1 N–H and O–H groups in total. The van der Waals surface area contributed by atoms with E-state index < -0.39 is 5.97 Å². The summed E-state index contributed by atoms with van der Waals surface area (Å²) in [6.07, 6.45) is 16.1. The SMILES string of the molecule is CCCCCCCCCCCCCCNc1ccc(C(=O)CC(=O)OCC)cc1. The monoisotopic (exact) mass is 403 g/mol. The molecule has 1 aromatic rings. The molecule has 1 aromatic carbocycles. The average Bonchev–Trinajstić information content (AvgIpc) is 2.72. The van der Waals surface area contributed by atoms with Gasteiger partial charge < -0.3 is 10.1 Å². The lowest BCUT2D eigenvalue weighted by Gasteiger charge is -2.08. The van der Waals surface area contributed by atoms with Gasteiger partial charge in [-0.1, -0.05) is 77.6 Å². The number of hydrogen-bond donors (Lipinski definition) is 1. The summed E-state index contributed by atoms with van der Waals surface area (Å²) in [7, 11) is 0. The normalized spacial score (nSPS) is 10.7. The van der Waals surface area contributed by atoms with Crippen LogP contribution in [-0.4, -0.2) is 24.9 Å². The maximum absolute atomic E-state index is 12.0. The van der Waals surface area contributed by atoms with E-state index in [4.69, 9.17) is 4.74 Å². The van der Waals surface area contributed by atoms with Crippen LogP contribution in [-0.2, 0) is 9.53 Å². The highest BCUT2D eigenvalue weighted by Crippen LogP contribution is 2.14. The van der Waals surface area contributed by atoms with Crippen molar-refractivity contribution >= 4 is 17.4 Å². The highest BCUT2D eigenvalue weighted by atomic mass is 16.5. The van der Waals surface area contributed by atoms with E-state index >= 15 is 0 Å². The van der Waals surface area contributed by atoms with Gasteiger partial charge in [0.2, 0.25) is 0 Å². The van der Waals surface area contributed by atoms with E-state index in [0.717, 1.165) is 12.2 Å². The topological polar surface area (TPSA) is 55.4 Å². The first-order chi connectivity index (χ1) is 14.2. The van der Waals surface area contributed by atoms with Gasteiger partial charge in [-0.15, -0.1) is 0 Å². The van der Waals surface area contributed by atoms with Crippen LogP contribution in [0.3, 0.4) is 0 Å². The molecule has 0 aliphatic carbocycles. The standard InChI is InChI=1S/C25H41NO3/c1-3-5-6-7-8-9-10-11-12-13-14-15-20-26-23-18-16-22(17-19-23)24(27)21-25(28)29-4-2/h16-19,26H,3-15,20-21H2,1-2H3. The van der Waals surface area contributed by atoms with E-state index in [1.54, 1.807) is 19.1 Å². The number of nitrogens with one attached hydrogen (secondary N) is 1. The maximum Gasteiger partial charge on any atom is 0.313 e. The summed E-state index contributed by atoms with van der Waals surface area (Å²) in [5, 5.41) is 3.40. The molecule has 0 aliphatic heterocycles. The van der Waals surface area contributed by atoms with Crippen LogP contribution in [0.1, 0.15) is 108 Å². The fraction of sp³-hybridized carbons (Fsp3) is 0.680. The molecule has 0 radical (unpaired) electrons. The van der Waals surface area contributed by atoms with E-state index in [0.29, 0.717) is 12.2 Å². The number of ether oxygens (including phenoxy) is 1. The van der Waals surface area contributed by atoms with Crippen LogP contribution in [0, 0.1) is 0 Å². The predicted molar refractivity (Wildman–Crippen MR) is 122 cm³/mol. The maximum atomic E-state index is 12.0. The molecule has 0 atom stereocenters. The quantitative estimate of drug-likeness (QED) is 0.125. The van der Waals surface area contributed by atoms with Crippen molar-refractivity contribution in [3.05, 3.63) is 29.8 Å². The zero-order valence-electron chi connectivity index (χ0n) is 18.6. The van der Waals surface area contributed by atoms with E-state index in [2.05, 4.69) is 12.2 Å². The van der Waals surface area contributed by atoms with Crippen LogP contribution in [0.5, 0.6) is 0 Å². The minimum Gasteiger partial charge on any atom is -0.466 e. The van der Waals surface area contributed by atoms with Crippen LogP contribution in [0.2, 0.25) is 0 Å². The van der Waals surface area contributed by atoms with E-state index in [9.17, 15) is 9.59 Å². The first-order valence-electron chi connectivity index (χ1n) is 11.7. The summed E-state index contributed by atoms with van der Waals surface area (Å²) < 4.78 is 4.82. The molecule has 4 nitrogen and oxygen atoms in total. The van der Waals surface area contributed by atoms with Gasteiger partial charge in [0.15, 0.2) is 5.78 Å². The lowest BCUT2D eigenvalue weighted by atomic mass is 10.1. The molecule has 0 aromatic heterocycles. The minimum absolute atomic E-state index is 0.195. The molecule has 1 rings (SSSR count). The highest BCUT2D eigenvalue weighted by molar-refractivity contribution is 6.06. The lowest BCUT2D eigenvalue weighted by Crippen LogP contribution is -2.11. The van der Waals surface area contributed by atoms with Crippen molar-refractivity contribution < 1.29 is 14.3 Å². The fourth-order valence-corrected chi connectivity index (χ4v) is 3.42. The van der Waals surface area contributed by atoms with E-state index in [-0.39, 0.29) is 12.2 Å². The Kier molecular flexibility index (Phi) is 14.8. The molecule has 4 heteroatoms. The van der Waals surface area contributed by atoms with Crippen molar-refractivity contribution in [3.63, 3.8) is 0 Å². The molecule has 0 aliphatic rings. The number of Topliss-reactive ketones (excluding diaryl/α,β-unsaturated/α-hetero) is 1. The van der Waals surface area contributed by atoms with Crippen molar-refractivity contribution in [2.45, 2.75) is 97.3 Å². The summed E-state index contributed by atoms with van der Waals surface area (Å²) >= 11 is 0. The summed E-state index contributed by atoms with van der Waals surface area (Å²) in [6.45, 7) is 5.25. The zero-order valence-corrected chi connectivity index (χ0v) is 18.6. The van der Waals surface area contributed by atoms with Crippen LogP contribution >= 0.6 is 0 Å². The van der Waals surface area contributed by atoms with Crippen molar-refractivity contribution in [1.82, 2.24) is 0 Å². The molecule has 0 heterocycles. The van der Waals surface area contributed by atoms with E-state index in [1.807, 2.05) is 12.1 Å². The Hall–Kier alpha value is -1.84. The number of rotatable bonds is 18. The third kappa shape index (κ3) is 13.1. The number of carbonyl (C=O) groups excluding carboxylic acids is 2. The van der Waals surface area contributed by atoms with Crippen LogP contribution in [0.25, 0.3) is 0 Å². The van der Waals surface area contributed by atoms with Gasteiger partial charge in [0.25, 0.3) is 0 Å². The lowest BCUT2D eigenvalue weighted by molar-refractivity contribution is -0.141. The number of esters is 1. The third-order valence-corrected chi connectivity index (χ3v) is 5.18. The number of carbonyl (C=O) groups is 2. The number of unbranched alkanes of at least 4 members (excludes halogenated alkanes) is 11. The van der Waals surface area contributed by atoms with Crippen LogP contribution in [0.4, 0.5) is 5.69 Å². The Morgan fingerprint density at radius 1 is 0.759 bits per heavy atom. The van der Waals surface area contributed by atoms with Gasteiger partial charge in [0.1, 0.15) is 6.42 Å². The Balaban J connectivity index is 2.02. The largest absolute Gasteiger partial charge is 0.466 e. The van der Waals surface area contributed by atoms with Crippen LogP contribution < -0.4 is 5.32 Å². The second kappa shape index (κ2) is 17.1. The molecule has 0 fully saturated rings. The second-order valence-electron chi connectivity index (χ2n) is 7.80. The Labute approximate surface area is 177 Å². The molecule has 29 heavy (non-hydrogen) atoms. The molecule has 164 valence electrons. The van der Waals surface area contributed by atoms with Crippen molar-refractivity contribution in [2.24, 2.45) is 0 Å². The van der Waals surface area contributed by atoms with Gasteiger partial charge in [0.05, 0.1) is 6.61 Å². The Morgan fingerprint density at radius 3 is 1.79 bits per heavy atom. The minimum atomic E-state index is -0.466. The van der Waals surface area contributed by atoms with Crippen LogP contribution in [0.15, 0.2) is 24.3 Å². The molecule has 0 unspecified atom stereocenters. The highest BCUT2D eigenvalue weighted by Gasteiger charge is 2.12. The molecule has 0 amide bonds. The predicted octanol–water partition coefficient (Wildman–Crippen LogP) is 6.94. The summed E-state index contributed by atoms with van der Waals surface area (Å²) in [4.78, 5) is 23.4. The van der Waals surface area contributed by atoms with Gasteiger partial charge in [-0.2, -0.15) is 0 Å². The van der Waals surface area contributed by atoms with Gasteiger partial charge in [0, 0.05) is 17.8 Å². The fourth-order valence-electron chi connectivity index (χ4n) is 3.42. The summed E-state index contributed by atoms with van der Waals surface area (Å²) in [5.41, 5.74) is 1.56. The zero-order chi connectivity index (χ0) is 21.2. The van der Waals surface area contributed by atoms with Gasteiger partial charge in [-0.3, -0.25) is 9.59 Å². The molecule has 0 saturated heterocycles. The Morgan fingerprint density at radius 2 is 1.28 bits per heavy atom. The Bertz CT molecular complexity index is 554. The van der Waals surface area contributed by atoms with Gasteiger partial charge in [-0.05, 0) is 37.6 Å². The first kappa shape index (κ1) is 25.2. The van der Waals surface area contributed by atoms with E-state index in [1.165, 1.54) is 77.0 Å². The average molecular weight is 404 g/mol. The summed E-state index contributed by atoms with van der Waals surface area (Å²) in [6, 6.07) is 7.34. The van der Waals surface area contributed by atoms with Gasteiger partial charge >= 0.3 is 5.97 Å². The number of hydrogen-bond acceptors (Lipinski definition) is 4. The number of ketones is 1. The third-order valence-electron chi connectivity index (χ3n) is 5.18. The number of anilines is 1.